The first-order valence-electron chi connectivity index (χ1n) is 6.95. The normalized spacial score (nSPS) is 16.0. The third-order valence-corrected chi connectivity index (χ3v) is 4.68. The van der Waals surface area contributed by atoms with Crippen LogP contribution in [0.15, 0.2) is 47.5 Å². The molecule has 1 aliphatic rings. The minimum atomic E-state index is -0.526. The van der Waals surface area contributed by atoms with Crippen molar-refractivity contribution in [1.29, 1.82) is 0 Å². The second kappa shape index (κ2) is 6.50. The lowest BCUT2D eigenvalue weighted by atomic mass is 10.2. The number of thiocarbonyl (C=S) groups is 1. The lowest BCUT2D eigenvalue weighted by Crippen LogP contribution is -2.44. The van der Waals surface area contributed by atoms with Crippen molar-refractivity contribution in [2.75, 3.05) is 0 Å². The molecule has 1 aliphatic heterocycles. The minimum absolute atomic E-state index is 0.0309. The summed E-state index contributed by atoms with van der Waals surface area (Å²) in [6.07, 6.45) is 3.59. The number of aryl methyl sites for hydroxylation is 1. The number of nitrogens with zero attached hydrogens (tertiary/aromatic N) is 2. The number of phenols is 1. The summed E-state index contributed by atoms with van der Waals surface area (Å²) in [6.45, 7) is 0. The summed E-state index contributed by atoms with van der Waals surface area (Å²) in [7, 11) is 1.87. The number of phenolic OH excluding ortho intramolecular Hbond substituents is 1. The summed E-state index contributed by atoms with van der Waals surface area (Å²) in [4.78, 5) is 25.1. The Bertz CT molecular complexity index is 873. The molecule has 0 saturated carbocycles. The number of benzene rings is 1. The molecule has 24 heavy (non-hydrogen) atoms. The third kappa shape index (κ3) is 3.19. The number of amides is 2. The summed E-state index contributed by atoms with van der Waals surface area (Å²) in [5.41, 5.74) is 3.56. The van der Waals surface area contributed by atoms with Crippen LogP contribution in [0, 0.1) is 0 Å². The molecule has 0 atom stereocenters. The number of thioether (sulfide) groups is 1. The van der Waals surface area contributed by atoms with Gasteiger partial charge in [0.05, 0.1) is 4.91 Å². The van der Waals surface area contributed by atoms with E-state index in [0.717, 1.165) is 22.5 Å². The van der Waals surface area contributed by atoms with E-state index >= 15 is 0 Å². The molecule has 1 fully saturated rings. The van der Waals surface area contributed by atoms with Crippen LogP contribution in [-0.4, -0.2) is 30.8 Å². The van der Waals surface area contributed by atoms with Crippen LogP contribution < -0.4 is 5.43 Å². The number of carbonyl (C=O) groups is 2. The fourth-order valence-electron chi connectivity index (χ4n) is 2.14. The topological polar surface area (TPSA) is 74.6 Å². The van der Waals surface area contributed by atoms with Gasteiger partial charge in [-0.25, -0.2) is 0 Å². The molecule has 0 aliphatic carbocycles. The maximum Gasteiger partial charge on any atom is 0.285 e. The van der Waals surface area contributed by atoms with Crippen molar-refractivity contribution in [3.05, 3.63) is 58.8 Å². The molecule has 2 N–H and O–H groups in total. The van der Waals surface area contributed by atoms with Gasteiger partial charge in [0.15, 0.2) is 4.32 Å². The summed E-state index contributed by atoms with van der Waals surface area (Å²) < 4.78 is 2.12. The number of hydrogen-bond donors (Lipinski definition) is 2. The number of carbonyl (C=O) groups excluding carboxylic acids is 2. The van der Waals surface area contributed by atoms with Gasteiger partial charge >= 0.3 is 0 Å². The standard InChI is InChI=1S/C16H13N3O3S2/c1-18-7-3-5-11(18)9-13-15(22)19(16(23)24-13)17-14(21)10-4-2-6-12(20)8-10/h2-9,20H,1H3,(H,17,21). The smallest absolute Gasteiger partial charge is 0.285 e. The Balaban J connectivity index is 1.79. The van der Waals surface area contributed by atoms with E-state index in [4.69, 9.17) is 12.2 Å². The van der Waals surface area contributed by atoms with Gasteiger partial charge in [0.2, 0.25) is 0 Å². The maximum absolute atomic E-state index is 12.5. The van der Waals surface area contributed by atoms with Crippen molar-refractivity contribution in [1.82, 2.24) is 15.0 Å². The van der Waals surface area contributed by atoms with Crippen molar-refractivity contribution in [3.8, 4) is 5.75 Å². The zero-order chi connectivity index (χ0) is 17.3. The summed E-state index contributed by atoms with van der Waals surface area (Å²) in [5, 5.41) is 10.5. The van der Waals surface area contributed by atoms with Crippen LogP contribution in [0.1, 0.15) is 16.1 Å². The van der Waals surface area contributed by atoms with E-state index in [0.29, 0.717) is 4.91 Å². The largest absolute Gasteiger partial charge is 0.508 e. The predicted octanol–water partition coefficient (Wildman–Crippen LogP) is 2.28. The number of hydrogen-bond acceptors (Lipinski definition) is 5. The van der Waals surface area contributed by atoms with Crippen LogP contribution in [0.3, 0.4) is 0 Å². The van der Waals surface area contributed by atoms with Gasteiger partial charge in [-0.3, -0.25) is 15.0 Å². The minimum Gasteiger partial charge on any atom is -0.508 e. The van der Waals surface area contributed by atoms with Gasteiger partial charge in [-0.2, -0.15) is 5.01 Å². The van der Waals surface area contributed by atoms with Crippen LogP contribution in [-0.2, 0) is 11.8 Å². The third-order valence-electron chi connectivity index (χ3n) is 3.38. The average molecular weight is 359 g/mol. The van der Waals surface area contributed by atoms with Crippen molar-refractivity contribution in [3.63, 3.8) is 0 Å². The fraction of sp³-hybridized carbons (Fsp3) is 0.0625. The molecule has 2 aromatic rings. The predicted molar refractivity (Wildman–Crippen MR) is 96.0 cm³/mol. The number of hydrazine groups is 1. The highest BCUT2D eigenvalue weighted by molar-refractivity contribution is 8.26. The van der Waals surface area contributed by atoms with Crippen LogP contribution in [0.25, 0.3) is 6.08 Å². The van der Waals surface area contributed by atoms with Gasteiger partial charge in [0.25, 0.3) is 11.8 Å². The van der Waals surface area contributed by atoms with Crippen molar-refractivity contribution in [2.45, 2.75) is 0 Å². The Morgan fingerprint density at radius 3 is 2.79 bits per heavy atom. The molecule has 122 valence electrons. The molecule has 8 heteroatoms. The van der Waals surface area contributed by atoms with E-state index in [-0.39, 0.29) is 21.5 Å². The zero-order valence-corrected chi connectivity index (χ0v) is 14.2. The molecular weight excluding hydrogens is 346 g/mol. The average Bonchev–Trinajstić information content (AvgIpc) is 3.06. The number of nitrogens with one attached hydrogen (secondary N) is 1. The molecule has 0 spiro atoms. The molecule has 1 saturated heterocycles. The van der Waals surface area contributed by atoms with Gasteiger partial charge in [-0.05, 0) is 48.6 Å². The number of aromatic hydroxyl groups is 1. The zero-order valence-electron chi connectivity index (χ0n) is 12.6. The molecule has 6 nitrogen and oxygen atoms in total. The Labute approximate surface area is 147 Å². The van der Waals surface area contributed by atoms with E-state index in [1.54, 1.807) is 12.1 Å². The first-order valence-corrected chi connectivity index (χ1v) is 8.17. The molecule has 3 rings (SSSR count). The van der Waals surface area contributed by atoms with Crippen LogP contribution in [0.4, 0.5) is 0 Å². The quantitative estimate of drug-likeness (QED) is 0.650. The first kappa shape index (κ1) is 16.3. The van der Waals surface area contributed by atoms with Gasteiger partial charge in [0.1, 0.15) is 5.75 Å². The lowest BCUT2D eigenvalue weighted by molar-refractivity contribution is -0.123. The monoisotopic (exact) mass is 359 g/mol. The van der Waals surface area contributed by atoms with E-state index in [2.05, 4.69) is 5.43 Å². The SMILES string of the molecule is Cn1cccc1C=C1SC(=S)N(NC(=O)c2cccc(O)c2)C1=O. The van der Waals surface area contributed by atoms with Crippen molar-refractivity contribution < 1.29 is 14.7 Å². The molecule has 2 amide bonds. The van der Waals surface area contributed by atoms with Crippen molar-refractivity contribution in [2.24, 2.45) is 7.05 Å². The Kier molecular flexibility index (Phi) is 4.41. The molecule has 2 heterocycles. The van der Waals surface area contributed by atoms with E-state index in [1.807, 2.05) is 29.9 Å². The summed E-state index contributed by atoms with van der Waals surface area (Å²) >= 11 is 6.29. The molecule has 0 radical (unpaired) electrons. The highest BCUT2D eigenvalue weighted by Crippen LogP contribution is 2.31. The molecular formula is C16H13N3O3S2. The second-order valence-corrected chi connectivity index (χ2v) is 6.73. The summed E-state index contributed by atoms with van der Waals surface area (Å²) in [6, 6.07) is 9.59. The molecule has 1 aromatic carbocycles. The fourth-order valence-corrected chi connectivity index (χ4v) is 3.30. The van der Waals surface area contributed by atoms with Gasteiger partial charge in [0, 0.05) is 24.5 Å². The van der Waals surface area contributed by atoms with Crippen LogP contribution in [0.2, 0.25) is 0 Å². The maximum atomic E-state index is 12.5. The first-order chi connectivity index (χ1) is 11.5. The lowest BCUT2D eigenvalue weighted by Gasteiger charge is -2.15. The highest BCUT2D eigenvalue weighted by atomic mass is 32.2. The Hall–Kier alpha value is -2.58. The van der Waals surface area contributed by atoms with E-state index in [9.17, 15) is 14.7 Å². The van der Waals surface area contributed by atoms with Gasteiger partial charge in [-0.1, -0.05) is 17.8 Å². The van der Waals surface area contributed by atoms with Gasteiger partial charge < -0.3 is 9.67 Å². The molecule has 1 aromatic heterocycles. The van der Waals surface area contributed by atoms with Crippen LogP contribution >= 0.6 is 24.0 Å². The Morgan fingerprint density at radius 1 is 1.33 bits per heavy atom. The van der Waals surface area contributed by atoms with E-state index < -0.39 is 5.91 Å². The second-order valence-electron chi connectivity index (χ2n) is 5.05. The molecule has 0 unspecified atom stereocenters. The number of aromatic nitrogens is 1. The summed E-state index contributed by atoms with van der Waals surface area (Å²) in [5.74, 6) is -0.946. The number of rotatable bonds is 3. The van der Waals surface area contributed by atoms with Crippen LogP contribution in [0.5, 0.6) is 5.75 Å². The molecule has 0 bridgehead atoms. The highest BCUT2D eigenvalue weighted by Gasteiger charge is 2.34. The van der Waals surface area contributed by atoms with Gasteiger partial charge in [-0.15, -0.1) is 0 Å². The van der Waals surface area contributed by atoms with E-state index in [1.165, 1.54) is 18.2 Å². The van der Waals surface area contributed by atoms with Crippen molar-refractivity contribution >= 4 is 46.2 Å². The Morgan fingerprint density at radius 2 is 2.12 bits per heavy atom.